The van der Waals surface area contributed by atoms with Crippen LogP contribution in [-0.4, -0.2) is 11.5 Å². The van der Waals surface area contributed by atoms with Crippen molar-refractivity contribution >= 4 is 24.8 Å². The lowest BCUT2D eigenvalue weighted by molar-refractivity contribution is 0.680. The molecule has 1 N–H and O–H groups in total. The van der Waals surface area contributed by atoms with Crippen LogP contribution in [0.4, 0.5) is 0 Å². The monoisotopic (exact) mass is 220 g/mol. The van der Waals surface area contributed by atoms with Crippen LogP contribution < -0.4 is 5.32 Å². The Labute approximate surface area is 91.0 Å². The van der Waals surface area contributed by atoms with Gasteiger partial charge in [0.25, 0.3) is 0 Å². The van der Waals surface area contributed by atoms with Gasteiger partial charge in [0.15, 0.2) is 0 Å². The summed E-state index contributed by atoms with van der Waals surface area (Å²) < 4.78 is 0. The molecule has 0 spiro atoms. The van der Waals surface area contributed by atoms with Crippen LogP contribution in [0.3, 0.4) is 0 Å². The fraction of sp³-hybridized carbons (Fsp3) is 0.444. The zero-order chi connectivity index (χ0) is 7.52. The first-order valence-electron chi connectivity index (χ1n) is 4.10. The second kappa shape index (κ2) is 6.19. The highest BCUT2D eigenvalue weighted by atomic mass is 35.5. The molecule has 13 heavy (non-hydrogen) atoms. The van der Waals surface area contributed by atoms with E-state index in [0.717, 1.165) is 19.5 Å². The lowest BCUT2D eigenvalue weighted by atomic mass is 10.1. The van der Waals surface area contributed by atoms with Crippen molar-refractivity contribution in [1.82, 2.24) is 10.3 Å². The molecule has 0 aliphatic carbocycles. The number of aromatic nitrogens is 1. The molecule has 0 saturated heterocycles. The molecule has 0 aromatic carbocycles. The second-order valence-corrected chi connectivity index (χ2v) is 2.89. The van der Waals surface area contributed by atoms with Crippen molar-refractivity contribution in [3.05, 3.63) is 29.6 Å². The highest BCUT2D eigenvalue weighted by Crippen LogP contribution is 2.09. The van der Waals surface area contributed by atoms with E-state index in [1.807, 2.05) is 12.3 Å². The van der Waals surface area contributed by atoms with Crippen molar-refractivity contribution in [2.75, 3.05) is 6.54 Å². The Bertz CT molecular complexity index is 228. The molecule has 0 bridgehead atoms. The van der Waals surface area contributed by atoms with Crippen molar-refractivity contribution < 1.29 is 0 Å². The van der Waals surface area contributed by atoms with Gasteiger partial charge in [-0.1, -0.05) is 6.07 Å². The van der Waals surface area contributed by atoms with Gasteiger partial charge in [-0.2, -0.15) is 0 Å². The van der Waals surface area contributed by atoms with Gasteiger partial charge in [0, 0.05) is 18.4 Å². The first-order valence-corrected chi connectivity index (χ1v) is 4.10. The summed E-state index contributed by atoms with van der Waals surface area (Å²) in [6, 6.07) is 4.16. The molecule has 1 aromatic heterocycles. The van der Waals surface area contributed by atoms with Gasteiger partial charge < -0.3 is 5.32 Å². The lowest BCUT2D eigenvalue weighted by Crippen LogP contribution is -2.11. The van der Waals surface area contributed by atoms with Crippen molar-refractivity contribution in [3.63, 3.8) is 0 Å². The average molecular weight is 221 g/mol. The summed E-state index contributed by atoms with van der Waals surface area (Å²) in [7, 11) is 0. The maximum absolute atomic E-state index is 4.34. The van der Waals surface area contributed by atoms with E-state index < -0.39 is 0 Å². The number of pyridine rings is 1. The van der Waals surface area contributed by atoms with Crippen molar-refractivity contribution in [2.24, 2.45) is 0 Å². The number of halogens is 2. The van der Waals surface area contributed by atoms with Crippen LogP contribution in [-0.2, 0) is 13.0 Å². The molecule has 2 heterocycles. The molecule has 0 saturated carbocycles. The van der Waals surface area contributed by atoms with Crippen LogP contribution in [0.5, 0.6) is 0 Å². The largest absolute Gasteiger partial charge is 0.313 e. The Kier molecular flexibility index (Phi) is 6.04. The normalized spacial score (nSPS) is 14.5. The Morgan fingerprint density at radius 3 is 3.00 bits per heavy atom. The number of rotatable bonds is 0. The van der Waals surface area contributed by atoms with E-state index in [-0.39, 0.29) is 24.8 Å². The topological polar surface area (TPSA) is 24.9 Å². The number of nitrogens with one attached hydrogen (secondary N) is 1. The van der Waals surface area contributed by atoms with E-state index in [1.165, 1.54) is 17.7 Å². The molecule has 0 fully saturated rings. The van der Waals surface area contributed by atoms with Gasteiger partial charge in [-0.05, 0) is 31.0 Å². The van der Waals surface area contributed by atoms with E-state index in [0.29, 0.717) is 0 Å². The first kappa shape index (κ1) is 12.7. The summed E-state index contributed by atoms with van der Waals surface area (Å²) >= 11 is 0. The lowest BCUT2D eigenvalue weighted by Gasteiger charge is -2.01. The molecule has 0 atom stereocenters. The van der Waals surface area contributed by atoms with E-state index >= 15 is 0 Å². The molecule has 4 heteroatoms. The molecule has 2 nitrogen and oxygen atoms in total. The van der Waals surface area contributed by atoms with Crippen molar-refractivity contribution in [1.29, 1.82) is 0 Å². The third-order valence-electron chi connectivity index (χ3n) is 2.07. The van der Waals surface area contributed by atoms with Crippen LogP contribution in [0.15, 0.2) is 18.3 Å². The molecular formula is C9H14Cl2N2. The SMILES string of the molecule is Cl.Cl.c1cnc2c(c1)CNCCC2. The van der Waals surface area contributed by atoms with Gasteiger partial charge in [0.2, 0.25) is 0 Å². The van der Waals surface area contributed by atoms with E-state index in [4.69, 9.17) is 0 Å². The molecule has 0 unspecified atom stereocenters. The minimum absolute atomic E-state index is 0. The van der Waals surface area contributed by atoms with Crippen molar-refractivity contribution in [2.45, 2.75) is 19.4 Å². The van der Waals surface area contributed by atoms with Gasteiger partial charge >= 0.3 is 0 Å². The first-order chi connectivity index (χ1) is 5.47. The Morgan fingerprint density at radius 2 is 2.15 bits per heavy atom. The van der Waals surface area contributed by atoms with Gasteiger partial charge in [0.1, 0.15) is 0 Å². The molecule has 1 aliphatic heterocycles. The summed E-state index contributed by atoms with van der Waals surface area (Å²) in [6.45, 7) is 2.11. The molecule has 1 aliphatic rings. The van der Waals surface area contributed by atoms with E-state index in [2.05, 4.69) is 16.4 Å². The molecule has 74 valence electrons. The summed E-state index contributed by atoms with van der Waals surface area (Å²) in [5, 5.41) is 3.36. The minimum Gasteiger partial charge on any atom is -0.313 e. The summed E-state index contributed by atoms with van der Waals surface area (Å²) in [5.74, 6) is 0. The number of hydrogen-bond donors (Lipinski definition) is 1. The van der Waals surface area contributed by atoms with Crippen LogP contribution in [0.1, 0.15) is 17.7 Å². The standard InChI is InChI=1S/C9H12N2.2ClH/c1-3-8-7-10-5-2-4-9(8)11-6-1;;/h1,3,6,10H,2,4-5,7H2;2*1H. The zero-order valence-electron chi connectivity index (χ0n) is 7.32. The highest BCUT2D eigenvalue weighted by Gasteiger charge is 2.05. The Morgan fingerprint density at radius 1 is 1.31 bits per heavy atom. The smallest absolute Gasteiger partial charge is 0.0448 e. The Hall–Kier alpha value is -0.310. The molecule has 1 aromatic rings. The highest BCUT2D eigenvalue weighted by molar-refractivity contribution is 5.85. The molecule has 2 rings (SSSR count). The summed E-state index contributed by atoms with van der Waals surface area (Å²) in [6.07, 6.45) is 4.22. The van der Waals surface area contributed by atoms with Crippen LogP contribution in [0.25, 0.3) is 0 Å². The van der Waals surface area contributed by atoms with Crippen LogP contribution >= 0.6 is 24.8 Å². The van der Waals surface area contributed by atoms with Gasteiger partial charge in [-0.15, -0.1) is 24.8 Å². The number of fused-ring (bicyclic) bond motifs is 1. The van der Waals surface area contributed by atoms with Gasteiger partial charge in [-0.3, -0.25) is 4.98 Å². The van der Waals surface area contributed by atoms with Crippen LogP contribution in [0, 0.1) is 0 Å². The predicted molar refractivity (Wildman–Crippen MR) is 58.8 cm³/mol. The van der Waals surface area contributed by atoms with Crippen molar-refractivity contribution in [3.8, 4) is 0 Å². The quantitative estimate of drug-likeness (QED) is 0.724. The molecule has 0 radical (unpaired) electrons. The third-order valence-corrected chi connectivity index (χ3v) is 2.07. The predicted octanol–water partition coefficient (Wildman–Crippen LogP) is 1.96. The van der Waals surface area contributed by atoms with Crippen LogP contribution in [0.2, 0.25) is 0 Å². The molecular weight excluding hydrogens is 207 g/mol. The second-order valence-electron chi connectivity index (χ2n) is 2.89. The van der Waals surface area contributed by atoms with Gasteiger partial charge in [0.05, 0.1) is 0 Å². The average Bonchev–Trinajstić information content (AvgIpc) is 2.28. The summed E-state index contributed by atoms with van der Waals surface area (Å²) in [5.41, 5.74) is 2.64. The fourth-order valence-electron chi connectivity index (χ4n) is 1.46. The summed E-state index contributed by atoms with van der Waals surface area (Å²) in [4.78, 5) is 4.34. The number of aryl methyl sites for hydroxylation is 1. The molecule has 0 amide bonds. The maximum Gasteiger partial charge on any atom is 0.0448 e. The van der Waals surface area contributed by atoms with Gasteiger partial charge in [-0.25, -0.2) is 0 Å². The number of nitrogens with zero attached hydrogens (tertiary/aromatic N) is 1. The third kappa shape index (κ3) is 3.14. The fourth-order valence-corrected chi connectivity index (χ4v) is 1.46. The maximum atomic E-state index is 4.34. The Balaban J connectivity index is 0.000000720. The van der Waals surface area contributed by atoms with E-state index in [9.17, 15) is 0 Å². The van der Waals surface area contributed by atoms with E-state index in [1.54, 1.807) is 0 Å². The zero-order valence-corrected chi connectivity index (χ0v) is 8.96. The number of hydrogen-bond acceptors (Lipinski definition) is 2. The minimum atomic E-state index is 0.